The van der Waals surface area contributed by atoms with Crippen LogP contribution in [0.4, 0.5) is 8.78 Å². The Hall–Kier alpha value is -3.10. The van der Waals surface area contributed by atoms with Crippen molar-refractivity contribution in [2.24, 2.45) is 4.99 Å². The fraction of sp³-hybridized carbons (Fsp3) is 0.400. The number of aryl methyl sites for hydroxylation is 1. The summed E-state index contributed by atoms with van der Waals surface area (Å²) in [5.74, 6) is 1.48. The van der Waals surface area contributed by atoms with Crippen molar-refractivity contribution in [3.8, 4) is 17.2 Å². The lowest BCUT2D eigenvalue weighted by atomic mass is 10.1. The minimum absolute atomic E-state index is 0.0243. The third kappa shape index (κ3) is 5.69. The van der Waals surface area contributed by atoms with Crippen molar-refractivity contribution in [2.45, 2.75) is 33.4 Å². The van der Waals surface area contributed by atoms with Gasteiger partial charge in [-0.1, -0.05) is 0 Å². The van der Waals surface area contributed by atoms with Crippen molar-refractivity contribution in [1.29, 1.82) is 0 Å². The lowest BCUT2D eigenvalue weighted by molar-refractivity contribution is -0.0505. The number of pyridine rings is 1. The molecule has 1 aliphatic heterocycles. The van der Waals surface area contributed by atoms with E-state index in [4.69, 9.17) is 9.47 Å². The van der Waals surface area contributed by atoms with Gasteiger partial charge in [-0.25, -0.2) is 4.99 Å². The summed E-state index contributed by atoms with van der Waals surface area (Å²) < 4.78 is 40.7. The number of hydrogen-bond donors (Lipinski definition) is 2. The van der Waals surface area contributed by atoms with Crippen LogP contribution in [-0.2, 0) is 13.0 Å². The Kier molecular flexibility index (Phi) is 7.04. The summed E-state index contributed by atoms with van der Waals surface area (Å²) in [5.41, 5.74) is 2.81. The highest BCUT2D eigenvalue weighted by Crippen LogP contribution is 2.39. The van der Waals surface area contributed by atoms with Gasteiger partial charge in [-0.05, 0) is 43.5 Å². The SMILES string of the molecule is CCNC(=NCc1cc2c(cc1OC(F)F)OCO2)NCCc1ccncc1C. The molecule has 2 heterocycles. The molecule has 0 saturated heterocycles. The van der Waals surface area contributed by atoms with Crippen LogP contribution in [0.2, 0.25) is 0 Å². The molecule has 0 amide bonds. The molecule has 2 N–H and O–H groups in total. The number of guanidine groups is 1. The van der Waals surface area contributed by atoms with Gasteiger partial charge in [0.15, 0.2) is 17.5 Å². The quantitative estimate of drug-likeness (QED) is 0.518. The van der Waals surface area contributed by atoms with E-state index in [9.17, 15) is 8.78 Å². The summed E-state index contributed by atoms with van der Waals surface area (Å²) in [4.78, 5) is 8.58. The van der Waals surface area contributed by atoms with Crippen molar-refractivity contribution >= 4 is 5.96 Å². The molecule has 2 aromatic rings. The van der Waals surface area contributed by atoms with Crippen LogP contribution in [0.25, 0.3) is 0 Å². The first-order valence-corrected chi connectivity index (χ1v) is 9.35. The van der Waals surface area contributed by atoms with E-state index in [1.54, 1.807) is 12.3 Å². The fourth-order valence-corrected chi connectivity index (χ4v) is 2.90. The van der Waals surface area contributed by atoms with Crippen LogP contribution >= 0.6 is 0 Å². The number of hydrogen-bond acceptors (Lipinski definition) is 5. The molecule has 0 fully saturated rings. The smallest absolute Gasteiger partial charge is 0.387 e. The number of nitrogens with zero attached hydrogens (tertiary/aromatic N) is 2. The predicted octanol–water partition coefficient (Wildman–Crippen LogP) is 3.02. The third-order valence-corrected chi connectivity index (χ3v) is 4.35. The first-order valence-electron chi connectivity index (χ1n) is 9.35. The molecule has 7 nitrogen and oxygen atoms in total. The second-order valence-electron chi connectivity index (χ2n) is 6.37. The van der Waals surface area contributed by atoms with Crippen molar-refractivity contribution in [3.63, 3.8) is 0 Å². The Balaban J connectivity index is 1.68. The van der Waals surface area contributed by atoms with E-state index in [-0.39, 0.29) is 19.1 Å². The molecule has 0 atom stereocenters. The monoisotopic (exact) mass is 406 g/mol. The normalized spacial score (nSPS) is 12.9. The zero-order chi connectivity index (χ0) is 20.6. The lowest BCUT2D eigenvalue weighted by Gasteiger charge is -2.14. The van der Waals surface area contributed by atoms with Crippen LogP contribution < -0.4 is 24.8 Å². The average molecular weight is 406 g/mol. The average Bonchev–Trinajstić information content (AvgIpc) is 3.14. The van der Waals surface area contributed by atoms with E-state index in [2.05, 4.69) is 25.3 Å². The molecule has 156 valence electrons. The van der Waals surface area contributed by atoms with Crippen molar-refractivity contribution in [1.82, 2.24) is 15.6 Å². The number of rotatable bonds is 8. The second kappa shape index (κ2) is 9.90. The van der Waals surface area contributed by atoms with E-state index in [0.717, 1.165) is 12.0 Å². The molecule has 0 spiro atoms. The number of aromatic nitrogens is 1. The maximum atomic E-state index is 12.8. The highest BCUT2D eigenvalue weighted by Gasteiger charge is 2.20. The number of alkyl halides is 2. The Morgan fingerprint density at radius 3 is 2.76 bits per heavy atom. The van der Waals surface area contributed by atoms with Gasteiger partial charge < -0.3 is 24.8 Å². The molecule has 0 radical (unpaired) electrons. The van der Waals surface area contributed by atoms with E-state index in [1.807, 2.05) is 26.1 Å². The zero-order valence-corrected chi connectivity index (χ0v) is 16.4. The molecule has 0 saturated carbocycles. The minimum Gasteiger partial charge on any atom is -0.454 e. The highest BCUT2D eigenvalue weighted by atomic mass is 19.3. The van der Waals surface area contributed by atoms with Crippen LogP contribution in [0.3, 0.4) is 0 Å². The van der Waals surface area contributed by atoms with Gasteiger partial charge in [0.25, 0.3) is 0 Å². The Labute approximate surface area is 168 Å². The molecular formula is C20H24F2N4O3. The van der Waals surface area contributed by atoms with E-state index >= 15 is 0 Å². The summed E-state index contributed by atoms with van der Waals surface area (Å²) in [6, 6.07) is 5.01. The van der Waals surface area contributed by atoms with Gasteiger partial charge >= 0.3 is 6.61 Å². The summed E-state index contributed by atoms with van der Waals surface area (Å²) in [7, 11) is 0. The number of fused-ring (bicyclic) bond motifs is 1. The van der Waals surface area contributed by atoms with Crippen LogP contribution in [0, 0.1) is 6.92 Å². The molecule has 0 bridgehead atoms. The molecule has 0 unspecified atom stereocenters. The van der Waals surface area contributed by atoms with Gasteiger partial charge in [-0.15, -0.1) is 0 Å². The third-order valence-electron chi connectivity index (χ3n) is 4.35. The van der Waals surface area contributed by atoms with E-state index in [1.165, 1.54) is 11.6 Å². The van der Waals surface area contributed by atoms with Gasteiger partial charge in [-0.3, -0.25) is 4.98 Å². The van der Waals surface area contributed by atoms with Crippen LogP contribution in [0.15, 0.2) is 35.6 Å². The summed E-state index contributed by atoms with van der Waals surface area (Å²) >= 11 is 0. The predicted molar refractivity (Wildman–Crippen MR) is 105 cm³/mol. The van der Waals surface area contributed by atoms with Gasteiger partial charge in [0.05, 0.1) is 6.54 Å². The van der Waals surface area contributed by atoms with E-state index in [0.29, 0.717) is 36.1 Å². The number of aliphatic imine (C=N–C) groups is 1. The Morgan fingerprint density at radius 1 is 1.24 bits per heavy atom. The van der Waals surface area contributed by atoms with Crippen molar-refractivity contribution < 1.29 is 23.0 Å². The Morgan fingerprint density at radius 2 is 2.03 bits per heavy atom. The van der Waals surface area contributed by atoms with E-state index < -0.39 is 6.61 Å². The number of ether oxygens (including phenoxy) is 3. The number of halogens is 2. The first-order chi connectivity index (χ1) is 14.1. The largest absolute Gasteiger partial charge is 0.454 e. The topological polar surface area (TPSA) is 77.0 Å². The molecule has 1 aliphatic rings. The van der Waals surface area contributed by atoms with Crippen LogP contribution in [-0.4, -0.2) is 37.4 Å². The summed E-state index contributed by atoms with van der Waals surface area (Å²) in [5, 5.41) is 6.40. The van der Waals surface area contributed by atoms with Crippen LogP contribution in [0.5, 0.6) is 17.2 Å². The minimum atomic E-state index is -2.94. The molecule has 29 heavy (non-hydrogen) atoms. The molecule has 0 aliphatic carbocycles. The fourth-order valence-electron chi connectivity index (χ4n) is 2.90. The molecule has 9 heteroatoms. The second-order valence-corrected chi connectivity index (χ2v) is 6.37. The van der Waals surface area contributed by atoms with Gasteiger partial charge in [0, 0.05) is 37.1 Å². The molecular weight excluding hydrogens is 382 g/mol. The first kappa shape index (κ1) is 20.6. The standard InChI is InChI=1S/C20H24F2N4O3/c1-3-24-20(25-7-5-14-4-6-23-10-13(14)2)26-11-15-8-17-18(28-12-27-17)9-16(15)29-19(21)22/h4,6,8-10,19H,3,5,7,11-12H2,1-2H3,(H2,24,25,26). The maximum absolute atomic E-state index is 12.8. The van der Waals surface area contributed by atoms with Gasteiger partial charge in [0.1, 0.15) is 5.75 Å². The lowest BCUT2D eigenvalue weighted by Crippen LogP contribution is -2.38. The molecule has 3 rings (SSSR count). The van der Waals surface area contributed by atoms with Crippen LogP contribution in [0.1, 0.15) is 23.6 Å². The van der Waals surface area contributed by atoms with Gasteiger partial charge in [0.2, 0.25) is 6.79 Å². The molecule has 1 aromatic heterocycles. The highest BCUT2D eigenvalue weighted by molar-refractivity contribution is 5.79. The number of benzene rings is 1. The van der Waals surface area contributed by atoms with Crippen molar-refractivity contribution in [3.05, 3.63) is 47.3 Å². The Bertz CT molecular complexity index is 862. The zero-order valence-electron chi connectivity index (χ0n) is 16.4. The molecule has 1 aromatic carbocycles. The number of nitrogens with one attached hydrogen (secondary N) is 2. The maximum Gasteiger partial charge on any atom is 0.387 e. The van der Waals surface area contributed by atoms with Gasteiger partial charge in [-0.2, -0.15) is 8.78 Å². The summed E-state index contributed by atoms with van der Waals surface area (Å²) in [6.07, 6.45) is 4.41. The summed E-state index contributed by atoms with van der Waals surface area (Å²) in [6.45, 7) is 2.56. The van der Waals surface area contributed by atoms with Crippen molar-refractivity contribution in [2.75, 3.05) is 19.9 Å².